The van der Waals surface area contributed by atoms with Crippen molar-refractivity contribution in [3.05, 3.63) is 64.1 Å². The Labute approximate surface area is 152 Å². The maximum atomic E-state index is 12.4. The number of nitrogens with zero attached hydrogens (tertiary/aromatic N) is 2. The van der Waals surface area contributed by atoms with Gasteiger partial charge < -0.3 is 15.1 Å². The van der Waals surface area contributed by atoms with Crippen molar-refractivity contribution in [2.24, 2.45) is 0 Å². The summed E-state index contributed by atoms with van der Waals surface area (Å²) in [5.74, 6) is -0.0702. The minimum absolute atomic E-state index is 0.0702. The first kappa shape index (κ1) is 18.5. The number of carbonyl (C=O) groups is 1. The molecule has 0 aliphatic carbocycles. The lowest BCUT2D eigenvalue weighted by Crippen LogP contribution is -2.34. The zero-order valence-corrected chi connectivity index (χ0v) is 16.2. The normalized spacial score (nSPS) is 12.1. The number of likely N-dealkylation sites (N-methyl/N-ethyl adjacent to an activating group) is 1. The fraction of sp³-hybridized carbons (Fsp3) is 0.316. The summed E-state index contributed by atoms with van der Waals surface area (Å²) in [5, 5.41) is 3.04. The summed E-state index contributed by atoms with van der Waals surface area (Å²) in [5.41, 5.74) is 2.99. The van der Waals surface area contributed by atoms with Crippen LogP contribution in [0.5, 0.6) is 0 Å². The van der Waals surface area contributed by atoms with Crippen LogP contribution < -0.4 is 10.2 Å². The SMILES string of the molecule is CN(C)c1ccc([C@@H](CNC(=O)c2ccccc2Br)N(C)C)cc1. The van der Waals surface area contributed by atoms with Crippen LogP contribution in [0.3, 0.4) is 0 Å². The fourth-order valence-electron chi connectivity index (χ4n) is 2.52. The fourth-order valence-corrected chi connectivity index (χ4v) is 2.99. The zero-order chi connectivity index (χ0) is 17.7. The highest BCUT2D eigenvalue weighted by Crippen LogP contribution is 2.21. The summed E-state index contributed by atoms with van der Waals surface area (Å²) in [7, 11) is 8.09. The van der Waals surface area contributed by atoms with E-state index < -0.39 is 0 Å². The number of amides is 1. The van der Waals surface area contributed by atoms with Crippen molar-refractivity contribution in [2.75, 3.05) is 39.6 Å². The van der Waals surface area contributed by atoms with Gasteiger partial charge in [-0.2, -0.15) is 0 Å². The molecule has 1 N–H and O–H groups in total. The van der Waals surface area contributed by atoms with E-state index in [4.69, 9.17) is 0 Å². The first-order valence-corrected chi connectivity index (χ1v) is 8.66. The van der Waals surface area contributed by atoms with Crippen molar-refractivity contribution < 1.29 is 4.79 Å². The van der Waals surface area contributed by atoms with Gasteiger partial charge in [-0.1, -0.05) is 24.3 Å². The average molecular weight is 390 g/mol. The molecule has 0 saturated carbocycles. The van der Waals surface area contributed by atoms with Gasteiger partial charge in [-0.15, -0.1) is 0 Å². The number of hydrogen-bond acceptors (Lipinski definition) is 3. The lowest BCUT2D eigenvalue weighted by Gasteiger charge is -2.26. The van der Waals surface area contributed by atoms with Gasteiger partial charge in [0.1, 0.15) is 0 Å². The third kappa shape index (κ3) is 4.58. The molecular formula is C19H24BrN3O. The Morgan fingerprint density at radius 2 is 1.67 bits per heavy atom. The molecule has 1 amide bonds. The molecule has 4 nitrogen and oxygen atoms in total. The molecule has 0 aromatic heterocycles. The van der Waals surface area contributed by atoms with Crippen molar-refractivity contribution in [2.45, 2.75) is 6.04 Å². The first-order valence-electron chi connectivity index (χ1n) is 7.86. The minimum atomic E-state index is -0.0702. The maximum Gasteiger partial charge on any atom is 0.252 e. The molecule has 2 rings (SSSR count). The van der Waals surface area contributed by atoms with E-state index >= 15 is 0 Å². The van der Waals surface area contributed by atoms with Crippen molar-refractivity contribution in [3.63, 3.8) is 0 Å². The van der Waals surface area contributed by atoms with Crippen molar-refractivity contribution in [1.29, 1.82) is 0 Å². The van der Waals surface area contributed by atoms with E-state index in [1.54, 1.807) is 0 Å². The predicted molar refractivity (Wildman–Crippen MR) is 104 cm³/mol. The molecule has 24 heavy (non-hydrogen) atoms. The lowest BCUT2D eigenvalue weighted by atomic mass is 10.0. The van der Waals surface area contributed by atoms with E-state index in [1.165, 1.54) is 5.56 Å². The summed E-state index contributed by atoms with van der Waals surface area (Å²) >= 11 is 3.42. The molecule has 5 heteroatoms. The standard InChI is InChI=1S/C19H24BrN3O/c1-22(2)15-11-9-14(10-12-15)18(23(3)4)13-21-19(24)16-7-5-6-8-17(16)20/h5-12,18H,13H2,1-4H3,(H,21,24)/t18-/m1/s1. The first-order chi connectivity index (χ1) is 11.4. The van der Waals surface area contributed by atoms with Gasteiger partial charge >= 0.3 is 0 Å². The van der Waals surface area contributed by atoms with E-state index in [0.29, 0.717) is 12.1 Å². The smallest absolute Gasteiger partial charge is 0.252 e. The third-order valence-corrected chi connectivity index (χ3v) is 4.68. The van der Waals surface area contributed by atoms with Crippen LogP contribution in [0.25, 0.3) is 0 Å². The molecule has 2 aromatic rings. The molecule has 0 aliphatic rings. The molecule has 0 aliphatic heterocycles. The van der Waals surface area contributed by atoms with Gasteiger partial charge in [0.15, 0.2) is 0 Å². The molecule has 0 heterocycles. The Bertz CT molecular complexity index is 683. The second-order valence-corrected chi connectivity index (χ2v) is 7.01. The molecule has 0 spiro atoms. The lowest BCUT2D eigenvalue weighted by molar-refractivity contribution is 0.0941. The topological polar surface area (TPSA) is 35.6 Å². The molecule has 0 saturated heterocycles. The third-order valence-electron chi connectivity index (χ3n) is 3.99. The molecule has 2 aromatic carbocycles. The molecule has 0 bridgehead atoms. The van der Waals surface area contributed by atoms with Crippen molar-refractivity contribution in [3.8, 4) is 0 Å². The van der Waals surface area contributed by atoms with E-state index in [1.807, 2.05) is 52.5 Å². The molecule has 0 fully saturated rings. The van der Waals surface area contributed by atoms with Crippen LogP contribution in [-0.4, -0.2) is 45.5 Å². The highest BCUT2D eigenvalue weighted by molar-refractivity contribution is 9.10. The van der Waals surface area contributed by atoms with Crippen molar-refractivity contribution >= 4 is 27.5 Å². The number of benzene rings is 2. The second-order valence-electron chi connectivity index (χ2n) is 6.16. The number of carbonyl (C=O) groups excluding carboxylic acids is 1. The quantitative estimate of drug-likeness (QED) is 0.820. The van der Waals surface area contributed by atoms with Crippen LogP contribution in [0, 0.1) is 0 Å². The summed E-state index contributed by atoms with van der Waals surface area (Å²) in [6, 6.07) is 16.0. The maximum absolute atomic E-state index is 12.4. The Morgan fingerprint density at radius 3 is 2.21 bits per heavy atom. The molecular weight excluding hydrogens is 366 g/mol. The van der Waals surface area contributed by atoms with Gasteiger partial charge in [0.05, 0.1) is 11.6 Å². The van der Waals surface area contributed by atoms with Gasteiger partial charge in [-0.05, 0) is 59.9 Å². The number of anilines is 1. The monoisotopic (exact) mass is 389 g/mol. The minimum Gasteiger partial charge on any atom is -0.378 e. The second kappa shape index (κ2) is 8.31. The van der Waals surface area contributed by atoms with Gasteiger partial charge in [0.2, 0.25) is 0 Å². The molecule has 1 atom stereocenters. The van der Waals surface area contributed by atoms with E-state index in [2.05, 4.69) is 55.3 Å². The average Bonchev–Trinajstić information content (AvgIpc) is 2.55. The highest BCUT2D eigenvalue weighted by atomic mass is 79.9. The van der Waals surface area contributed by atoms with E-state index in [9.17, 15) is 4.79 Å². The van der Waals surface area contributed by atoms with Gasteiger partial charge in [-0.3, -0.25) is 4.79 Å². The number of nitrogens with one attached hydrogen (secondary N) is 1. The number of hydrogen-bond donors (Lipinski definition) is 1. The van der Waals surface area contributed by atoms with Gasteiger partial charge in [0, 0.05) is 30.8 Å². The van der Waals surface area contributed by atoms with Crippen LogP contribution in [0.4, 0.5) is 5.69 Å². The Kier molecular flexibility index (Phi) is 6.40. The largest absolute Gasteiger partial charge is 0.378 e. The van der Waals surface area contributed by atoms with Crippen LogP contribution in [0.1, 0.15) is 22.0 Å². The summed E-state index contributed by atoms with van der Waals surface area (Å²) in [6.07, 6.45) is 0. The Balaban J connectivity index is 2.09. The van der Waals surface area contributed by atoms with Crippen LogP contribution >= 0.6 is 15.9 Å². The van der Waals surface area contributed by atoms with Crippen molar-refractivity contribution in [1.82, 2.24) is 10.2 Å². The van der Waals surface area contributed by atoms with Gasteiger partial charge in [-0.25, -0.2) is 0 Å². The number of rotatable bonds is 6. The van der Waals surface area contributed by atoms with E-state index in [0.717, 1.165) is 10.2 Å². The summed E-state index contributed by atoms with van der Waals surface area (Å²) in [4.78, 5) is 16.6. The molecule has 0 radical (unpaired) electrons. The summed E-state index contributed by atoms with van der Waals surface area (Å²) < 4.78 is 0.805. The van der Waals surface area contributed by atoms with Gasteiger partial charge in [0.25, 0.3) is 5.91 Å². The molecule has 0 unspecified atom stereocenters. The van der Waals surface area contributed by atoms with Crippen LogP contribution in [-0.2, 0) is 0 Å². The molecule has 128 valence electrons. The summed E-state index contributed by atoms with van der Waals surface area (Å²) in [6.45, 7) is 0.550. The number of halogens is 1. The predicted octanol–water partition coefficient (Wildman–Crippen LogP) is 3.55. The zero-order valence-electron chi connectivity index (χ0n) is 14.6. The van der Waals surface area contributed by atoms with E-state index in [-0.39, 0.29) is 11.9 Å². The highest BCUT2D eigenvalue weighted by Gasteiger charge is 2.17. The van der Waals surface area contributed by atoms with Crippen LogP contribution in [0.15, 0.2) is 53.0 Å². The van der Waals surface area contributed by atoms with Crippen LogP contribution in [0.2, 0.25) is 0 Å². The Hall–Kier alpha value is -1.85. The Morgan fingerprint density at radius 1 is 1.04 bits per heavy atom.